The molecule has 1 unspecified atom stereocenters. The summed E-state index contributed by atoms with van der Waals surface area (Å²) in [6.07, 6.45) is 5.74. The molecule has 22 heavy (non-hydrogen) atoms. The normalized spacial score (nSPS) is 12.6. The molecule has 0 radical (unpaired) electrons. The second-order valence-corrected chi connectivity index (χ2v) is 5.23. The number of imidazole rings is 1. The van der Waals surface area contributed by atoms with Crippen LogP contribution >= 0.6 is 0 Å². The maximum Gasteiger partial charge on any atom is 0.329 e. The summed E-state index contributed by atoms with van der Waals surface area (Å²) in [6.45, 7) is 2.42. The van der Waals surface area contributed by atoms with E-state index in [9.17, 15) is 14.0 Å². The number of fused-ring (bicyclic) bond motifs is 1. The minimum atomic E-state index is -0.505. The molecule has 6 nitrogen and oxygen atoms in total. The molecule has 0 aliphatic heterocycles. The first-order valence-corrected chi connectivity index (χ1v) is 6.96. The third kappa shape index (κ3) is 2.57. The van der Waals surface area contributed by atoms with Gasteiger partial charge in [0.2, 0.25) is 0 Å². The van der Waals surface area contributed by atoms with Crippen LogP contribution in [0.3, 0.4) is 0 Å². The number of halogens is 1. The topological polar surface area (TPSA) is 72.7 Å². The molecule has 2 heterocycles. The molecule has 0 fully saturated rings. The van der Waals surface area contributed by atoms with Crippen molar-refractivity contribution in [3.63, 3.8) is 0 Å². The molecular weight excluding hydrogens is 287 g/mol. The van der Waals surface area contributed by atoms with Crippen LogP contribution in [0.1, 0.15) is 19.4 Å². The zero-order valence-electron chi connectivity index (χ0n) is 12.0. The van der Waals surface area contributed by atoms with Crippen LogP contribution in [0.2, 0.25) is 0 Å². The molecule has 2 aromatic heterocycles. The Balaban J connectivity index is 1.99. The first-order valence-electron chi connectivity index (χ1n) is 6.96. The van der Waals surface area contributed by atoms with Gasteiger partial charge in [0.15, 0.2) is 0 Å². The second-order valence-electron chi connectivity index (χ2n) is 5.23. The maximum atomic E-state index is 13.3. The van der Waals surface area contributed by atoms with Crippen LogP contribution < -0.4 is 11.2 Å². The molecule has 0 saturated heterocycles. The van der Waals surface area contributed by atoms with E-state index in [0.29, 0.717) is 18.5 Å². The molecule has 3 rings (SSSR count). The van der Waals surface area contributed by atoms with Gasteiger partial charge < -0.3 is 9.55 Å². The van der Waals surface area contributed by atoms with Crippen LogP contribution in [0.15, 0.2) is 46.5 Å². The summed E-state index contributed by atoms with van der Waals surface area (Å²) in [4.78, 5) is 31.2. The van der Waals surface area contributed by atoms with Crippen molar-refractivity contribution < 1.29 is 4.39 Å². The first-order chi connectivity index (χ1) is 10.6. The van der Waals surface area contributed by atoms with Gasteiger partial charge in [0.1, 0.15) is 5.82 Å². The average Bonchev–Trinajstić information content (AvgIpc) is 2.99. The Morgan fingerprint density at radius 2 is 2.18 bits per heavy atom. The molecule has 1 atom stereocenters. The Morgan fingerprint density at radius 3 is 2.91 bits per heavy atom. The van der Waals surface area contributed by atoms with Crippen molar-refractivity contribution in [2.75, 3.05) is 0 Å². The number of aromatic nitrogens is 4. The lowest BCUT2D eigenvalue weighted by atomic mass is 10.2. The molecule has 0 bridgehead atoms. The van der Waals surface area contributed by atoms with Crippen LogP contribution in [0.5, 0.6) is 0 Å². The van der Waals surface area contributed by atoms with Gasteiger partial charge in [0.05, 0.1) is 17.2 Å². The molecule has 0 aliphatic rings. The highest BCUT2D eigenvalue weighted by atomic mass is 19.1. The standard InChI is InChI=1S/C15H15FN4O2/c1-10(4-6-19-7-5-17-9-19)20-14(21)12-8-11(16)2-3-13(12)18-15(20)22/h2-3,5,7-10H,4,6H2,1H3,(H,18,22). The van der Waals surface area contributed by atoms with E-state index in [4.69, 9.17) is 0 Å². The van der Waals surface area contributed by atoms with Crippen molar-refractivity contribution in [1.82, 2.24) is 19.1 Å². The predicted octanol–water partition coefficient (Wildman–Crippen LogP) is 1.68. The number of H-pyrrole nitrogens is 1. The number of nitrogens with one attached hydrogen (secondary N) is 1. The van der Waals surface area contributed by atoms with Gasteiger partial charge in [-0.3, -0.25) is 9.36 Å². The zero-order valence-corrected chi connectivity index (χ0v) is 12.0. The summed E-state index contributed by atoms with van der Waals surface area (Å²) in [5.41, 5.74) is -0.618. The highest BCUT2D eigenvalue weighted by molar-refractivity contribution is 5.77. The van der Waals surface area contributed by atoms with E-state index < -0.39 is 17.1 Å². The van der Waals surface area contributed by atoms with Crippen LogP contribution in [0.25, 0.3) is 10.9 Å². The summed E-state index contributed by atoms with van der Waals surface area (Å²) in [5.74, 6) is -0.505. The molecule has 7 heteroatoms. The number of nitrogens with zero attached hydrogens (tertiary/aromatic N) is 3. The number of aromatic amines is 1. The predicted molar refractivity (Wildman–Crippen MR) is 80.3 cm³/mol. The van der Waals surface area contributed by atoms with Crippen LogP contribution in [-0.2, 0) is 6.54 Å². The van der Waals surface area contributed by atoms with Gasteiger partial charge >= 0.3 is 5.69 Å². The minimum absolute atomic E-state index is 0.175. The van der Waals surface area contributed by atoms with Crippen LogP contribution in [0.4, 0.5) is 4.39 Å². The van der Waals surface area contributed by atoms with Crippen LogP contribution in [0, 0.1) is 5.82 Å². The van der Waals surface area contributed by atoms with E-state index in [2.05, 4.69) is 9.97 Å². The Bertz CT molecular complexity index is 911. The zero-order chi connectivity index (χ0) is 15.7. The number of hydrogen-bond acceptors (Lipinski definition) is 3. The molecule has 0 spiro atoms. The molecule has 1 aromatic carbocycles. The van der Waals surface area contributed by atoms with E-state index in [-0.39, 0.29) is 11.4 Å². The number of aryl methyl sites for hydroxylation is 1. The maximum absolute atomic E-state index is 13.3. The lowest BCUT2D eigenvalue weighted by Gasteiger charge is -2.15. The van der Waals surface area contributed by atoms with Gasteiger partial charge in [-0.2, -0.15) is 0 Å². The smallest absolute Gasteiger partial charge is 0.329 e. The largest absolute Gasteiger partial charge is 0.337 e. The van der Waals surface area contributed by atoms with Crippen molar-refractivity contribution in [3.8, 4) is 0 Å². The summed E-state index contributed by atoms with van der Waals surface area (Å²) in [7, 11) is 0. The van der Waals surface area contributed by atoms with Gasteiger partial charge in [-0.1, -0.05) is 0 Å². The highest BCUT2D eigenvalue weighted by Crippen LogP contribution is 2.11. The summed E-state index contributed by atoms with van der Waals surface area (Å²) >= 11 is 0. The van der Waals surface area contributed by atoms with E-state index in [0.717, 1.165) is 10.6 Å². The van der Waals surface area contributed by atoms with Gasteiger partial charge in [0.25, 0.3) is 5.56 Å². The monoisotopic (exact) mass is 302 g/mol. The summed E-state index contributed by atoms with van der Waals surface area (Å²) < 4.78 is 16.3. The highest BCUT2D eigenvalue weighted by Gasteiger charge is 2.14. The number of benzene rings is 1. The molecule has 114 valence electrons. The number of rotatable bonds is 4. The molecule has 0 amide bonds. The van der Waals surface area contributed by atoms with Gasteiger partial charge in [-0.25, -0.2) is 14.2 Å². The molecule has 3 aromatic rings. The van der Waals surface area contributed by atoms with E-state index in [1.807, 2.05) is 10.8 Å². The third-order valence-electron chi connectivity index (χ3n) is 3.70. The SMILES string of the molecule is CC(CCn1ccnc1)n1c(=O)[nH]c2ccc(F)cc2c1=O. The van der Waals surface area contributed by atoms with Gasteiger partial charge in [-0.15, -0.1) is 0 Å². The lowest BCUT2D eigenvalue weighted by Crippen LogP contribution is -2.37. The van der Waals surface area contributed by atoms with Crippen molar-refractivity contribution in [2.24, 2.45) is 0 Å². The first kappa shape index (κ1) is 14.2. The van der Waals surface area contributed by atoms with E-state index in [1.165, 1.54) is 12.1 Å². The third-order valence-corrected chi connectivity index (χ3v) is 3.70. The molecular formula is C15H15FN4O2. The Morgan fingerprint density at radius 1 is 1.36 bits per heavy atom. The Hall–Kier alpha value is -2.70. The lowest BCUT2D eigenvalue weighted by molar-refractivity contribution is 0.440. The van der Waals surface area contributed by atoms with Crippen LogP contribution in [-0.4, -0.2) is 19.1 Å². The quantitative estimate of drug-likeness (QED) is 0.797. The van der Waals surface area contributed by atoms with E-state index >= 15 is 0 Å². The second kappa shape index (κ2) is 5.59. The van der Waals surface area contributed by atoms with Gasteiger partial charge in [-0.05, 0) is 31.5 Å². The molecule has 0 aliphatic carbocycles. The van der Waals surface area contributed by atoms with Crippen molar-refractivity contribution in [2.45, 2.75) is 25.9 Å². The fourth-order valence-corrected chi connectivity index (χ4v) is 2.48. The fourth-order valence-electron chi connectivity index (χ4n) is 2.48. The molecule has 1 N–H and O–H groups in total. The van der Waals surface area contributed by atoms with Crippen molar-refractivity contribution in [1.29, 1.82) is 0 Å². The average molecular weight is 302 g/mol. The van der Waals surface area contributed by atoms with Crippen molar-refractivity contribution in [3.05, 3.63) is 63.6 Å². The number of hydrogen-bond donors (Lipinski definition) is 1. The Labute approximate surface area is 124 Å². The fraction of sp³-hybridized carbons (Fsp3) is 0.267. The Kier molecular flexibility index (Phi) is 3.62. The molecule has 0 saturated carbocycles. The van der Waals surface area contributed by atoms with E-state index in [1.54, 1.807) is 19.4 Å². The minimum Gasteiger partial charge on any atom is -0.337 e. The summed E-state index contributed by atoms with van der Waals surface area (Å²) in [5, 5.41) is 0.175. The van der Waals surface area contributed by atoms with Gasteiger partial charge in [0, 0.05) is 25.0 Å². The van der Waals surface area contributed by atoms with Crippen molar-refractivity contribution >= 4 is 10.9 Å². The summed E-state index contributed by atoms with van der Waals surface area (Å²) in [6, 6.07) is 3.44.